The fraction of sp³-hybridized carbons (Fsp3) is 0.250. The first-order valence-corrected chi connectivity index (χ1v) is 10.1. The second kappa shape index (κ2) is 8.80. The van der Waals surface area contributed by atoms with Gasteiger partial charge in [0, 0.05) is 41.4 Å². The van der Waals surface area contributed by atoms with Gasteiger partial charge < -0.3 is 4.84 Å². The molecular weight excluding hydrogens is 494 g/mol. The number of anilines is 1. The first kappa shape index (κ1) is 24.2. The van der Waals surface area contributed by atoms with Crippen LogP contribution in [0.5, 0.6) is 0 Å². The summed E-state index contributed by atoms with van der Waals surface area (Å²) in [5.74, 6) is -1.11. The largest absolute Gasteiger partial charge is 0.435 e. The monoisotopic (exact) mass is 507 g/mol. The van der Waals surface area contributed by atoms with E-state index in [0.29, 0.717) is 0 Å². The van der Waals surface area contributed by atoms with E-state index in [1.54, 1.807) is 0 Å². The SMILES string of the molecule is CC(=O)NN(C(C)=O)c1cc(C2=NOC(c3cc(Cl)cc(Cl)c3)(C(F)(F)F)C2)ccc1Cl. The number of rotatable bonds is 3. The van der Waals surface area contributed by atoms with Crippen LogP contribution in [0.2, 0.25) is 15.1 Å². The number of oxime groups is 1. The summed E-state index contributed by atoms with van der Waals surface area (Å²) < 4.78 is 42.5. The molecule has 0 bridgehead atoms. The van der Waals surface area contributed by atoms with Crippen molar-refractivity contribution in [3.05, 3.63) is 62.6 Å². The molecule has 32 heavy (non-hydrogen) atoms. The van der Waals surface area contributed by atoms with E-state index in [1.807, 2.05) is 0 Å². The van der Waals surface area contributed by atoms with Crippen LogP contribution in [-0.4, -0.2) is 23.7 Å². The van der Waals surface area contributed by atoms with Crippen LogP contribution in [0, 0.1) is 0 Å². The molecule has 1 atom stereocenters. The maximum Gasteiger partial charge on any atom is 0.435 e. The van der Waals surface area contributed by atoms with Crippen LogP contribution in [-0.2, 0) is 20.0 Å². The molecular formula is C20H15Cl3F3N3O3. The maximum atomic E-state index is 14.2. The van der Waals surface area contributed by atoms with Crippen molar-refractivity contribution in [2.24, 2.45) is 5.16 Å². The second-order valence-corrected chi connectivity index (χ2v) is 8.26. The summed E-state index contributed by atoms with van der Waals surface area (Å²) >= 11 is 18.0. The molecule has 0 saturated heterocycles. The van der Waals surface area contributed by atoms with E-state index in [2.05, 4.69) is 10.6 Å². The quantitative estimate of drug-likeness (QED) is 0.546. The minimum Gasteiger partial charge on any atom is -0.374 e. The molecule has 2 amide bonds. The van der Waals surface area contributed by atoms with E-state index in [0.717, 1.165) is 17.1 Å². The van der Waals surface area contributed by atoms with E-state index in [1.165, 1.54) is 38.1 Å². The van der Waals surface area contributed by atoms with Gasteiger partial charge in [0.1, 0.15) is 0 Å². The number of nitrogens with one attached hydrogen (secondary N) is 1. The maximum absolute atomic E-state index is 14.2. The Kier molecular flexibility index (Phi) is 6.65. The average molecular weight is 509 g/mol. The molecule has 170 valence electrons. The highest BCUT2D eigenvalue weighted by Crippen LogP contribution is 2.50. The third-order valence-electron chi connectivity index (χ3n) is 4.62. The van der Waals surface area contributed by atoms with E-state index < -0.39 is 30.0 Å². The number of alkyl halides is 3. The highest BCUT2D eigenvalue weighted by Gasteiger charge is 2.62. The molecule has 0 fully saturated rings. The van der Waals surface area contributed by atoms with Gasteiger partial charge in [0.25, 0.3) is 5.60 Å². The number of hydrogen-bond donors (Lipinski definition) is 1. The molecule has 3 rings (SSSR count). The summed E-state index contributed by atoms with van der Waals surface area (Å²) in [5, 5.41) is 4.66. The molecule has 6 nitrogen and oxygen atoms in total. The lowest BCUT2D eigenvalue weighted by Crippen LogP contribution is -2.44. The van der Waals surface area contributed by atoms with E-state index in [4.69, 9.17) is 39.6 Å². The van der Waals surface area contributed by atoms with Gasteiger partial charge in [0.2, 0.25) is 11.8 Å². The summed E-state index contributed by atoms with van der Waals surface area (Å²) in [5.41, 5.74) is -0.589. The van der Waals surface area contributed by atoms with Crippen LogP contribution in [0.4, 0.5) is 18.9 Å². The predicted molar refractivity (Wildman–Crippen MR) is 115 cm³/mol. The van der Waals surface area contributed by atoms with Gasteiger partial charge >= 0.3 is 6.18 Å². The second-order valence-electron chi connectivity index (χ2n) is 6.98. The number of halogens is 6. The van der Waals surface area contributed by atoms with Crippen molar-refractivity contribution >= 4 is 58.0 Å². The Morgan fingerprint density at radius 3 is 2.25 bits per heavy atom. The lowest BCUT2D eigenvalue weighted by Gasteiger charge is -2.29. The molecule has 12 heteroatoms. The van der Waals surface area contributed by atoms with Gasteiger partial charge in [-0.25, -0.2) is 5.01 Å². The van der Waals surface area contributed by atoms with Crippen molar-refractivity contribution in [3.8, 4) is 0 Å². The zero-order valence-corrected chi connectivity index (χ0v) is 18.8. The number of carbonyl (C=O) groups is 2. The van der Waals surface area contributed by atoms with Crippen molar-refractivity contribution in [1.29, 1.82) is 0 Å². The molecule has 1 heterocycles. The smallest absolute Gasteiger partial charge is 0.374 e. The predicted octanol–water partition coefficient (Wildman–Crippen LogP) is 5.63. The van der Waals surface area contributed by atoms with Crippen LogP contribution in [0.3, 0.4) is 0 Å². The standard InChI is InChI=1S/C20H15Cl3F3N3O3/c1-10(30)27-29(11(2)31)18-5-12(3-4-16(18)23)17-9-19(32-28-17,20(24,25)26)13-6-14(21)8-15(22)7-13/h3-8H,9H2,1-2H3,(H,27,30). The minimum absolute atomic E-state index is 0.00867. The first-order chi connectivity index (χ1) is 14.8. The van der Waals surface area contributed by atoms with Gasteiger partial charge in [-0.2, -0.15) is 13.2 Å². The van der Waals surface area contributed by atoms with Crippen molar-refractivity contribution in [2.45, 2.75) is 32.0 Å². The fourth-order valence-corrected chi connectivity index (χ4v) is 3.90. The third-order valence-corrected chi connectivity index (χ3v) is 5.38. The lowest BCUT2D eigenvalue weighted by atomic mass is 9.86. The first-order valence-electron chi connectivity index (χ1n) is 9.00. The van der Waals surface area contributed by atoms with E-state index in [9.17, 15) is 22.8 Å². The molecule has 0 spiro atoms. The van der Waals surface area contributed by atoms with Crippen LogP contribution in [0.15, 0.2) is 41.6 Å². The van der Waals surface area contributed by atoms with E-state index >= 15 is 0 Å². The Morgan fingerprint density at radius 2 is 1.72 bits per heavy atom. The van der Waals surface area contributed by atoms with Crippen molar-refractivity contribution in [2.75, 3.05) is 5.01 Å². The molecule has 0 aliphatic carbocycles. The van der Waals surface area contributed by atoms with Crippen LogP contribution in [0.1, 0.15) is 31.4 Å². The van der Waals surface area contributed by atoms with Gasteiger partial charge in [-0.3, -0.25) is 15.0 Å². The Bertz CT molecular complexity index is 1100. The van der Waals surface area contributed by atoms with Gasteiger partial charge in [-0.1, -0.05) is 46.0 Å². The summed E-state index contributed by atoms with van der Waals surface area (Å²) in [6.07, 6.45) is -5.54. The zero-order chi connectivity index (χ0) is 23.8. The summed E-state index contributed by atoms with van der Waals surface area (Å²) in [4.78, 5) is 28.4. The number of carbonyl (C=O) groups excluding carboxylic acids is 2. The third kappa shape index (κ3) is 4.65. The number of nitrogens with zero attached hydrogens (tertiary/aromatic N) is 2. The Morgan fingerprint density at radius 1 is 1.09 bits per heavy atom. The molecule has 0 aromatic heterocycles. The van der Waals surface area contributed by atoms with Gasteiger partial charge in [-0.15, -0.1) is 0 Å². The topological polar surface area (TPSA) is 71.0 Å². The van der Waals surface area contributed by atoms with Crippen LogP contribution < -0.4 is 10.4 Å². The highest BCUT2D eigenvalue weighted by atomic mass is 35.5. The summed E-state index contributed by atoms with van der Waals surface area (Å²) in [6, 6.07) is 7.66. The number of benzene rings is 2. The average Bonchev–Trinajstić information content (AvgIpc) is 3.12. The van der Waals surface area contributed by atoms with Gasteiger partial charge in [0.15, 0.2) is 0 Å². The summed E-state index contributed by atoms with van der Waals surface area (Å²) in [6.45, 7) is 2.38. The van der Waals surface area contributed by atoms with Gasteiger partial charge in [-0.05, 0) is 30.3 Å². The van der Waals surface area contributed by atoms with E-state index in [-0.39, 0.29) is 37.6 Å². The molecule has 1 N–H and O–H groups in total. The summed E-state index contributed by atoms with van der Waals surface area (Å²) in [7, 11) is 0. The van der Waals surface area contributed by atoms with Gasteiger partial charge in [0.05, 0.1) is 16.4 Å². The lowest BCUT2D eigenvalue weighted by molar-refractivity contribution is -0.275. The Labute approximate surface area is 195 Å². The molecule has 1 unspecified atom stereocenters. The minimum atomic E-state index is -4.86. The van der Waals surface area contributed by atoms with Crippen molar-refractivity contribution < 1.29 is 27.6 Å². The molecule has 1 aliphatic rings. The highest BCUT2D eigenvalue weighted by molar-refractivity contribution is 6.35. The van der Waals surface area contributed by atoms with Crippen LogP contribution in [0.25, 0.3) is 0 Å². The number of hydrazine groups is 1. The Balaban J connectivity index is 2.03. The number of hydrogen-bond acceptors (Lipinski definition) is 4. The van der Waals surface area contributed by atoms with Crippen LogP contribution >= 0.6 is 34.8 Å². The zero-order valence-electron chi connectivity index (χ0n) is 16.6. The molecule has 2 aromatic rings. The molecule has 0 radical (unpaired) electrons. The number of amides is 2. The molecule has 1 aliphatic heterocycles. The molecule has 2 aromatic carbocycles. The van der Waals surface area contributed by atoms with Crippen molar-refractivity contribution in [1.82, 2.24) is 5.43 Å². The Hall–Kier alpha value is -2.49. The fourth-order valence-electron chi connectivity index (χ4n) is 3.18. The van der Waals surface area contributed by atoms with Crippen molar-refractivity contribution in [3.63, 3.8) is 0 Å². The normalized spacial score (nSPS) is 18.1. The molecule has 0 saturated carbocycles.